The predicted molar refractivity (Wildman–Crippen MR) is 50.4 cm³/mol. The van der Waals surface area contributed by atoms with Gasteiger partial charge >= 0.3 is 0 Å². The minimum Gasteiger partial charge on any atom is -0.369 e. The van der Waals surface area contributed by atoms with Gasteiger partial charge in [0.1, 0.15) is 0 Å². The minimum atomic E-state index is -0.397. The van der Waals surface area contributed by atoms with Gasteiger partial charge < -0.3 is 15.2 Å². The highest BCUT2D eigenvalue weighted by atomic mass is 16.7. The van der Waals surface area contributed by atoms with Crippen LogP contribution in [-0.2, 0) is 14.3 Å². The average molecular weight is 199 g/mol. The second-order valence-corrected chi connectivity index (χ2v) is 4.33. The molecule has 2 N–H and O–H groups in total. The van der Waals surface area contributed by atoms with Gasteiger partial charge in [-0.2, -0.15) is 0 Å². The fraction of sp³-hybridized carbons (Fsp3) is 0.900. The van der Waals surface area contributed by atoms with Gasteiger partial charge in [-0.05, 0) is 19.8 Å². The molecule has 1 amide bonds. The van der Waals surface area contributed by atoms with Crippen LogP contribution in [-0.4, -0.2) is 24.4 Å². The summed E-state index contributed by atoms with van der Waals surface area (Å²) < 4.78 is 11.4. The van der Waals surface area contributed by atoms with Crippen LogP contribution in [0.5, 0.6) is 0 Å². The largest absolute Gasteiger partial charge is 0.369 e. The van der Waals surface area contributed by atoms with Crippen LogP contribution < -0.4 is 5.73 Å². The van der Waals surface area contributed by atoms with Gasteiger partial charge in [0.15, 0.2) is 5.79 Å². The van der Waals surface area contributed by atoms with Crippen molar-refractivity contribution in [2.75, 3.05) is 6.61 Å². The molecule has 1 aliphatic heterocycles. The Morgan fingerprint density at radius 1 is 1.43 bits per heavy atom. The van der Waals surface area contributed by atoms with Crippen molar-refractivity contribution in [2.24, 2.45) is 11.7 Å². The Balaban J connectivity index is 1.92. The first-order valence-corrected chi connectivity index (χ1v) is 5.22. The lowest BCUT2D eigenvalue weighted by Crippen LogP contribution is -2.39. The lowest BCUT2D eigenvalue weighted by Gasteiger charge is -2.34. The zero-order valence-corrected chi connectivity index (χ0v) is 8.49. The number of carbonyl (C=O) groups excluding carboxylic acids is 1. The molecule has 0 aromatic carbocycles. The number of primary amides is 1. The summed E-state index contributed by atoms with van der Waals surface area (Å²) in [6, 6.07) is 0. The van der Waals surface area contributed by atoms with E-state index in [0.717, 1.165) is 25.7 Å². The van der Waals surface area contributed by atoms with Crippen molar-refractivity contribution in [3.05, 3.63) is 0 Å². The molecule has 2 fully saturated rings. The van der Waals surface area contributed by atoms with Gasteiger partial charge in [-0.3, -0.25) is 4.79 Å². The van der Waals surface area contributed by atoms with Crippen molar-refractivity contribution >= 4 is 5.91 Å². The second-order valence-electron chi connectivity index (χ2n) is 4.33. The van der Waals surface area contributed by atoms with Crippen LogP contribution in [0.3, 0.4) is 0 Å². The fourth-order valence-corrected chi connectivity index (χ4v) is 2.31. The number of nitrogens with two attached hydrogens (primary N) is 1. The summed E-state index contributed by atoms with van der Waals surface area (Å²) in [4.78, 5) is 11.0. The Kier molecular flexibility index (Phi) is 2.49. The van der Waals surface area contributed by atoms with Crippen LogP contribution in [0.2, 0.25) is 0 Å². The third-order valence-electron chi connectivity index (χ3n) is 3.15. The molecule has 14 heavy (non-hydrogen) atoms. The molecule has 1 atom stereocenters. The van der Waals surface area contributed by atoms with E-state index >= 15 is 0 Å². The quantitative estimate of drug-likeness (QED) is 0.679. The van der Waals surface area contributed by atoms with Crippen LogP contribution in [0, 0.1) is 5.92 Å². The van der Waals surface area contributed by atoms with Crippen LogP contribution >= 0.6 is 0 Å². The third-order valence-corrected chi connectivity index (χ3v) is 3.15. The molecule has 1 saturated carbocycles. The lowest BCUT2D eigenvalue weighted by atomic mass is 9.85. The van der Waals surface area contributed by atoms with E-state index in [0.29, 0.717) is 6.61 Å². The van der Waals surface area contributed by atoms with E-state index in [1.807, 2.05) is 6.92 Å². The summed E-state index contributed by atoms with van der Waals surface area (Å²) in [6.07, 6.45) is 3.36. The topological polar surface area (TPSA) is 61.5 Å². The summed E-state index contributed by atoms with van der Waals surface area (Å²) in [6.45, 7) is 2.68. The maximum Gasteiger partial charge on any atom is 0.220 e. The molecule has 1 aliphatic carbocycles. The maximum atomic E-state index is 11.0. The van der Waals surface area contributed by atoms with Crippen LogP contribution in [0.15, 0.2) is 0 Å². The molecule has 80 valence electrons. The molecule has 1 heterocycles. The van der Waals surface area contributed by atoms with Gasteiger partial charge in [0.05, 0.1) is 12.7 Å². The smallest absolute Gasteiger partial charge is 0.220 e. The Labute approximate surface area is 83.7 Å². The summed E-state index contributed by atoms with van der Waals surface area (Å²) in [5, 5.41) is 0. The molecule has 0 aromatic rings. The Morgan fingerprint density at radius 3 is 2.50 bits per heavy atom. The monoisotopic (exact) mass is 199 g/mol. The van der Waals surface area contributed by atoms with Crippen molar-refractivity contribution < 1.29 is 14.3 Å². The SMILES string of the molecule is CC1COC2(CCC(C(N)=O)CC2)O1. The van der Waals surface area contributed by atoms with Crippen molar-refractivity contribution in [1.29, 1.82) is 0 Å². The van der Waals surface area contributed by atoms with Gasteiger partial charge in [0.25, 0.3) is 0 Å². The number of carbonyl (C=O) groups is 1. The molecule has 0 bridgehead atoms. The molecule has 4 nitrogen and oxygen atoms in total. The van der Waals surface area contributed by atoms with E-state index < -0.39 is 5.79 Å². The standard InChI is InChI=1S/C10H17NO3/c1-7-6-13-10(14-7)4-2-8(3-5-10)9(11)12/h7-8H,2-6H2,1H3,(H2,11,12). The summed E-state index contributed by atoms with van der Waals surface area (Å²) in [7, 11) is 0. The van der Waals surface area contributed by atoms with E-state index in [2.05, 4.69) is 0 Å². The summed E-state index contributed by atoms with van der Waals surface area (Å²) >= 11 is 0. The number of hydrogen-bond donors (Lipinski definition) is 1. The van der Waals surface area contributed by atoms with Crippen molar-refractivity contribution in [3.63, 3.8) is 0 Å². The summed E-state index contributed by atoms with van der Waals surface area (Å²) in [5.74, 6) is -0.569. The van der Waals surface area contributed by atoms with Gasteiger partial charge in [0.2, 0.25) is 5.91 Å². The molecule has 2 rings (SSSR count). The summed E-state index contributed by atoms with van der Waals surface area (Å²) in [5.41, 5.74) is 5.26. The molecular weight excluding hydrogens is 182 g/mol. The van der Waals surface area contributed by atoms with Gasteiger partial charge in [-0.25, -0.2) is 0 Å². The highest BCUT2D eigenvalue weighted by molar-refractivity contribution is 5.76. The molecule has 0 radical (unpaired) electrons. The molecule has 1 saturated heterocycles. The average Bonchev–Trinajstić information content (AvgIpc) is 2.48. The normalized spacial score (nSPS) is 42.9. The Bertz CT molecular complexity index is 234. The Hall–Kier alpha value is -0.610. The van der Waals surface area contributed by atoms with Crippen LogP contribution in [0.4, 0.5) is 0 Å². The molecule has 1 spiro atoms. The molecule has 1 unspecified atom stereocenters. The number of rotatable bonds is 1. The van der Waals surface area contributed by atoms with E-state index in [9.17, 15) is 4.79 Å². The minimum absolute atomic E-state index is 0.0173. The number of hydrogen-bond acceptors (Lipinski definition) is 3. The van der Waals surface area contributed by atoms with Crippen molar-refractivity contribution in [1.82, 2.24) is 0 Å². The molecule has 4 heteroatoms. The highest BCUT2D eigenvalue weighted by Crippen LogP contribution is 2.39. The Morgan fingerprint density at radius 2 is 2.07 bits per heavy atom. The number of amides is 1. The first-order chi connectivity index (χ1) is 6.61. The zero-order valence-electron chi connectivity index (χ0n) is 8.49. The first-order valence-electron chi connectivity index (χ1n) is 5.22. The van der Waals surface area contributed by atoms with E-state index in [4.69, 9.17) is 15.2 Å². The zero-order chi connectivity index (χ0) is 10.2. The van der Waals surface area contributed by atoms with Gasteiger partial charge in [0, 0.05) is 18.8 Å². The second kappa shape index (κ2) is 3.51. The molecular formula is C10H17NO3. The first kappa shape index (κ1) is 9.93. The van der Waals surface area contributed by atoms with Crippen molar-refractivity contribution in [2.45, 2.75) is 44.5 Å². The molecule has 0 aromatic heterocycles. The van der Waals surface area contributed by atoms with Crippen LogP contribution in [0.25, 0.3) is 0 Å². The third kappa shape index (κ3) is 1.77. The molecule has 2 aliphatic rings. The number of ether oxygens (including phenoxy) is 2. The van der Waals surface area contributed by atoms with Crippen LogP contribution in [0.1, 0.15) is 32.6 Å². The van der Waals surface area contributed by atoms with Gasteiger partial charge in [-0.15, -0.1) is 0 Å². The van der Waals surface area contributed by atoms with E-state index in [-0.39, 0.29) is 17.9 Å². The lowest BCUT2D eigenvalue weighted by molar-refractivity contribution is -0.191. The van der Waals surface area contributed by atoms with Gasteiger partial charge in [-0.1, -0.05) is 0 Å². The van der Waals surface area contributed by atoms with Crippen molar-refractivity contribution in [3.8, 4) is 0 Å². The highest BCUT2D eigenvalue weighted by Gasteiger charge is 2.43. The maximum absolute atomic E-state index is 11.0. The predicted octanol–water partition coefficient (Wildman–Crippen LogP) is 0.793. The van der Waals surface area contributed by atoms with E-state index in [1.54, 1.807) is 0 Å². The fourth-order valence-electron chi connectivity index (χ4n) is 2.31. The van der Waals surface area contributed by atoms with E-state index in [1.165, 1.54) is 0 Å².